The molecule has 2 aliphatic rings. The molecule has 2 fully saturated rings. The van der Waals surface area contributed by atoms with E-state index in [4.69, 9.17) is 22.1 Å². The van der Waals surface area contributed by atoms with Gasteiger partial charge in [0.2, 0.25) is 0 Å². The SMILES string of the molecule is [B][C@@H]1O[C@@]2(CC(=O)OCc3ccccc3)C(C)OC1C2C. The summed E-state index contributed by atoms with van der Waals surface area (Å²) in [5.41, 5.74) is 0.312. The van der Waals surface area contributed by atoms with Gasteiger partial charge >= 0.3 is 5.97 Å². The number of carbonyl (C=O) groups is 1. The number of esters is 1. The second-order valence-corrected chi connectivity index (χ2v) is 5.89. The van der Waals surface area contributed by atoms with E-state index in [2.05, 4.69) is 0 Å². The van der Waals surface area contributed by atoms with Crippen molar-refractivity contribution in [2.75, 3.05) is 0 Å². The van der Waals surface area contributed by atoms with E-state index in [9.17, 15) is 4.79 Å². The fourth-order valence-electron chi connectivity index (χ4n) is 3.36. The Morgan fingerprint density at radius 1 is 1.33 bits per heavy atom. The molecule has 110 valence electrons. The second-order valence-electron chi connectivity index (χ2n) is 5.89. The minimum Gasteiger partial charge on any atom is -0.461 e. The highest BCUT2D eigenvalue weighted by molar-refractivity contribution is 6.11. The van der Waals surface area contributed by atoms with Crippen molar-refractivity contribution in [3.05, 3.63) is 35.9 Å². The number of hydrogen-bond donors (Lipinski definition) is 0. The highest BCUT2D eigenvalue weighted by Gasteiger charge is 2.62. The summed E-state index contributed by atoms with van der Waals surface area (Å²) in [7, 11) is 5.90. The normalized spacial score (nSPS) is 37.6. The number of rotatable bonds is 4. The van der Waals surface area contributed by atoms with Gasteiger partial charge in [0.15, 0.2) is 0 Å². The number of fused-ring (bicyclic) bond motifs is 2. The maximum Gasteiger partial charge on any atom is 0.309 e. The first-order valence-corrected chi connectivity index (χ1v) is 7.31. The van der Waals surface area contributed by atoms with E-state index >= 15 is 0 Å². The van der Waals surface area contributed by atoms with Gasteiger partial charge in [0, 0.05) is 11.9 Å². The van der Waals surface area contributed by atoms with Gasteiger partial charge in [-0.3, -0.25) is 4.79 Å². The van der Waals surface area contributed by atoms with Crippen LogP contribution in [0.25, 0.3) is 0 Å². The predicted octanol–water partition coefficient (Wildman–Crippen LogP) is 1.81. The van der Waals surface area contributed by atoms with E-state index in [1.165, 1.54) is 0 Å². The van der Waals surface area contributed by atoms with Crippen LogP contribution in [-0.2, 0) is 25.6 Å². The molecule has 0 aliphatic carbocycles. The molecule has 21 heavy (non-hydrogen) atoms. The zero-order chi connectivity index (χ0) is 15.0. The van der Waals surface area contributed by atoms with E-state index in [0.29, 0.717) is 0 Å². The summed E-state index contributed by atoms with van der Waals surface area (Å²) in [6, 6.07) is 9.15. The smallest absolute Gasteiger partial charge is 0.309 e. The van der Waals surface area contributed by atoms with E-state index in [1.54, 1.807) is 0 Å². The molecule has 0 N–H and O–H groups in total. The van der Waals surface area contributed by atoms with Gasteiger partial charge in [-0.05, 0) is 12.5 Å². The van der Waals surface area contributed by atoms with Crippen LogP contribution in [0, 0.1) is 5.92 Å². The maximum atomic E-state index is 12.2. The third-order valence-electron chi connectivity index (χ3n) is 4.66. The molecular weight excluding hydrogens is 267 g/mol. The highest BCUT2D eigenvalue weighted by Crippen LogP contribution is 2.49. The summed E-state index contributed by atoms with van der Waals surface area (Å²) in [6.45, 7) is 4.22. The fourth-order valence-corrected chi connectivity index (χ4v) is 3.36. The molecule has 3 unspecified atom stereocenters. The Labute approximate surface area is 126 Å². The molecule has 3 rings (SSSR count). The van der Waals surface area contributed by atoms with Crippen molar-refractivity contribution in [3.8, 4) is 0 Å². The van der Waals surface area contributed by atoms with Gasteiger partial charge in [-0.25, -0.2) is 0 Å². The van der Waals surface area contributed by atoms with Crippen LogP contribution >= 0.6 is 0 Å². The number of benzene rings is 1. The van der Waals surface area contributed by atoms with Crippen LogP contribution in [-0.4, -0.2) is 37.6 Å². The van der Waals surface area contributed by atoms with Gasteiger partial charge in [0.05, 0.1) is 18.6 Å². The minimum absolute atomic E-state index is 0.0896. The lowest BCUT2D eigenvalue weighted by atomic mass is 9.82. The third-order valence-corrected chi connectivity index (χ3v) is 4.66. The summed E-state index contributed by atoms with van der Waals surface area (Å²) < 4.78 is 17.0. The molecule has 2 bridgehead atoms. The highest BCUT2D eigenvalue weighted by atomic mass is 16.6. The maximum absolute atomic E-state index is 12.2. The van der Waals surface area contributed by atoms with Crippen molar-refractivity contribution in [1.29, 1.82) is 0 Å². The van der Waals surface area contributed by atoms with E-state index in [-0.39, 0.29) is 37.1 Å². The van der Waals surface area contributed by atoms with Crippen molar-refractivity contribution in [3.63, 3.8) is 0 Å². The first-order chi connectivity index (χ1) is 10.0. The molecule has 5 heteroatoms. The average molecular weight is 286 g/mol. The Bertz CT molecular complexity index is 520. The van der Waals surface area contributed by atoms with E-state index in [1.807, 2.05) is 44.2 Å². The molecule has 0 spiro atoms. The van der Waals surface area contributed by atoms with Gasteiger partial charge in [0.25, 0.3) is 0 Å². The number of carbonyl (C=O) groups excluding carboxylic acids is 1. The fraction of sp³-hybridized carbons (Fsp3) is 0.562. The molecule has 0 saturated carbocycles. The molecule has 2 heterocycles. The van der Waals surface area contributed by atoms with Gasteiger partial charge < -0.3 is 14.2 Å². The Kier molecular flexibility index (Phi) is 3.80. The van der Waals surface area contributed by atoms with Crippen LogP contribution in [0.15, 0.2) is 30.3 Å². The quantitative estimate of drug-likeness (QED) is 0.625. The first-order valence-electron chi connectivity index (χ1n) is 7.31. The molecule has 2 radical (unpaired) electrons. The second kappa shape index (κ2) is 5.46. The predicted molar refractivity (Wildman–Crippen MR) is 77.7 cm³/mol. The first kappa shape index (κ1) is 14.6. The molecule has 1 aromatic carbocycles. The molecule has 0 aromatic heterocycles. The zero-order valence-corrected chi connectivity index (χ0v) is 12.3. The standard InChI is InChI=1S/C16H19BO4/c1-10-14-15(17)21-16(10,11(2)20-14)8-13(18)19-9-12-6-4-3-5-7-12/h3-7,10-11,14-15H,8-9H2,1-2H3/t10?,11?,14?,15-,16-/m1/s1. The lowest BCUT2D eigenvalue weighted by molar-refractivity contribution is -0.175. The van der Waals surface area contributed by atoms with Crippen molar-refractivity contribution in [2.45, 2.75) is 50.7 Å². The third kappa shape index (κ3) is 2.49. The summed E-state index contributed by atoms with van der Waals surface area (Å²) in [6.07, 6.45) is -0.115. The summed E-state index contributed by atoms with van der Waals surface area (Å²) in [5, 5.41) is 0. The van der Waals surface area contributed by atoms with Crippen LogP contribution in [0.2, 0.25) is 0 Å². The number of hydrogen-bond acceptors (Lipinski definition) is 4. The van der Waals surface area contributed by atoms with Crippen LogP contribution in [0.5, 0.6) is 0 Å². The topological polar surface area (TPSA) is 44.8 Å². The summed E-state index contributed by atoms with van der Waals surface area (Å²) >= 11 is 0. The molecule has 0 amide bonds. The largest absolute Gasteiger partial charge is 0.461 e. The molecule has 5 atom stereocenters. The molecular formula is C16H19BO4. The van der Waals surface area contributed by atoms with Crippen LogP contribution < -0.4 is 0 Å². The molecule has 4 nitrogen and oxygen atoms in total. The monoisotopic (exact) mass is 286 g/mol. The molecule has 2 saturated heterocycles. The Hall–Kier alpha value is -1.33. The Balaban J connectivity index is 1.62. The van der Waals surface area contributed by atoms with Gasteiger partial charge in [-0.2, -0.15) is 0 Å². The van der Waals surface area contributed by atoms with Crippen molar-refractivity contribution in [2.24, 2.45) is 5.92 Å². The average Bonchev–Trinajstić information content (AvgIpc) is 2.84. The Morgan fingerprint density at radius 2 is 2.05 bits per heavy atom. The van der Waals surface area contributed by atoms with E-state index in [0.717, 1.165) is 5.56 Å². The van der Waals surface area contributed by atoms with Crippen LogP contribution in [0.4, 0.5) is 0 Å². The van der Waals surface area contributed by atoms with E-state index < -0.39 is 11.6 Å². The van der Waals surface area contributed by atoms with Crippen molar-refractivity contribution < 1.29 is 19.0 Å². The zero-order valence-electron chi connectivity index (χ0n) is 12.3. The summed E-state index contributed by atoms with van der Waals surface area (Å²) in [5.74, 6) is -0.192. The van der Waals surface area contributed by atoms with Crippen molar-refractivity contribution >= 4 is 13.8 Å². The lowest BCUT2D eigenvalue weighted by Crippen LogP contribution is -2.46. The van der Waals surface area contributed by atoms with Crippen molar-refractivity contribution in [1.82, 2.24) is 0 Å². The minimum atomic E-state index is -0.655. The van der Waals surface area contributed by atoms with Gasteiger partial charge in [-0.1, -0.05) is 37.3 Å². The molecule has 1 aromatic rings. The van der Waals surface area contributed by atoms with Gasteiger partial charge in [0.1, 0.15) is 20.1 Å². The number of ether oxygens (including phenoxy) is 3. The summed E-state index contributed by atoms with van der Waals surface area (Å²) in [4.78, 5) is 12.2. The molecule has 2 aliphatic heterocycles. The van der Waals surface area contributed by atoms with Gasteiger partial charge in [-0.15, -0.1) is 0 Å². The van der Waals surface area contributed by atoms with Crippen LogP contribution in [0.1, 0.15) is 25.8 Å². The lowest BCUT2D eigenvalue weighted by Gasteiger charge is -2.35. The van der Waals surface area contributed by atoms with Crippen LogP contribution in [0.3, 0.4) is 0 Å². The Morgan fingerprint density at radius 3 is 2.67 bits per heavy atom.